The molecule has 1 aromatic carbocycles. The molecule has 0 saturated heterocycles. The molecule has 0 aliphatic carbocycles. The van der Waals surface area contributed by atoms with Crippen molar-refractivity contribution in [2.45, 2.75) is 11.8 Å². The molecule has 1 aliphatic heterocycles. The Labute approximate surface area is 89.0 Å². The Hall–Kier alpha value is -0.830. The number of para-hydroxylation sites is 1. The first-order valence-corrected chi connectivity index (χ1v) is 5.83. The number of hydrogen-bond donors (Lipinski definition) is 1. The highest BCUT2D eigenvalue weighted by Gasteiger charge is 2.15. The van der Waals surface area contributed by atoms with Gasteiger partial charge in [0.2, 0.25) is 0 Å². The van der Waals surface area contributed by atoms with Crippen LogP contribution in [0.15, 0.2) is 23.1 Å². The Morgan fingerprint density at radius 2 is 2.36 bits per heavy atom. The Kier molecular flexibility index (Phi) is 2.87. The van der Waals surface area contributed by atoms with Crippen LogP contribution in [-0.2, 0) is 0 Å². The van der Waals surface area contributed by atoms with E-state index in [1.54, 1.807) is 7.11 Å². The SMILES string of the molecule is COc1cccc2c1NCC(C)CS2. The molecule has 0 aromatic heterocycles. The number of rotatable bonds is 1. The van der Waals surface area contributed by atoms with Crippen LogP contribution < -0.4 is 10.1 Å². The van der Waals surface area contributed by atoms with Crippen molar-refractivity contribution in [2.75, 3.05) is 24.7 Å². The summed E-state index contributed by atoms with van der Waals surface area (Å²) in [5.41, 5.74) is 1.16. The second-order valence-electron chi connectivity index (χ2n) is 3.63. The van der Waals surface area contributed by atoms with Crippen LogP contribution in [-0.4, -0.2) is 19.4 Å². The Bertz CT molecular complexity index is 327. The molecular formula is C11H15NOS. The average molecular weight is 209 g/mol. The zero-order chi connectivity index (χ0) is 9.97. The number of nitrogens with one attached hydrogen (secondary N) is 1. The molecular weight excluding hydrogens is 194 g/mol. The van der Waals surface area contributed by atoms with Crippen LogP contribution in [0.5, 0.6) is 5.75 Å². The molecule has 0 radical (unpaired) electrons. The Morgan fingerprint density at radius 3 is 3.14 bits per heavy atom. The molecule has 1 unspecified atom stereocenters. The van der Waals surface area contributed by atoms with Crippen molar-refractivity contribution in [3.05, 3.63) is 18.2 Å². The fourth-order valence-corrected chi connectivity index (χ4v) is 2.62. The molecule has 1 atom stereocenters. The van der Waals surface area contributed by atoms with Gasteiger partial charge in [-0.3, -0.25) is 0 Å². The topological polar surface area (TPSA) is 21.3 Å². The summed E-state index contributed by atoms with van der Waals surface area (Å²) in [6, 6.07) is 6.19. The lowest BCUT2D eigenvalue weighted by Gasteiger charge is -2.11. The first-order valence-electron chi connectivity index (χ1n) is 4.85. The molecule has 0 spiro atoms. The summed E-state index contributed by atoms with van der Waals surface area (Å²) >= 11 is 1.90. The maximum atomic E-state index is 5.33. The van der Waals surface area contributed by atoms with E-state index in [1.165, 1.54) is 10.6 Å². The van der Waals surface area contributed by atoms with Gasteiger partial charge < -0.3 is 10.1 Å². The van der Waals surface area contributed by atoms with E-state index in [4.69, 9.17) is 4.74 Å². The monoisotopic (exact) mass is 209 g/mol. The van der Waals surface area contributed by atoms with Gasteiger partial charge in [-0.25, -0.2) is 0 Å². The summed E-state index contributed by atoms with van der Waals surface area (Å²) in [5.74, 6) is 2.83. The minimum atomic E-state index is 0.706. The lowest BCUT2D eigenvalue weighted by Crippen LogP contribution is -2.11. The number of ether oxygens (including phenoxy) is 1. The standard InChI is InChI=1S/C11H15NOS/c1-8-6-12-11-9(13-2)4-3-5-10(11)14-7-8/h3-5,8,12H,6-7H2,1-2H3. The number of fused-ring (bicyclic) bond motifs is 1. The molecule has 3 heteroatoms. The van der Waals surface area contributed by atoms with E-state index in [1.807, 2.05) is 23.9 Å². The van der Waals surface area contributed by atoms with Gasteiger partial charge >= 0.3 is 0 Å². The van der Waals surface area contributed by atoms with Crippen molar-refractivity contribution in [3.8, 4) is 5.75 Å². The van der Waals surface area contributed by atoms with Crippen LogP contribution >= 0.6 is 11.8 Å². The van der Waals surface area contributed by atoms with Crippen LogP contribution in [0, 0.1) is 5.92 Å². The highest BCUT2D eigenvalue weighted by atomic mass is 32.2. The highest BCUT2D eigenvalue weighted by molar-refractivity contribution is 7.99. The molecule has 0 amide bonds. The summed E-state index contributed by atoms with van der Waals surface area (Å²) < 4.78 is 5.33. The molecule has 2 rings (SSSR count). The summed E-state index contributed by atoms with van der Waals surface area (Å²) in [7, 11) is 1.72. The van der Waals surface area contributed by atoms with E-state index in [-0.39, 0.29) is 0 Å². The van der Waals surface area contributed by atoms with Crippen LogP contribution in [0.25, 0.3) is 0 Å². The minimum Gasteiger partial charge on any atom is -0.495 e. The summed E-state index contributed by atoms with van der Waals surface area (Å²) in [4.78, 5) is 1.30. The fraction of sp³-hybridized carbons (Fsp3) is 0.455. The van der Waals surface area contributed by atoms with E-state index < -0.39 is 0 Å². The van der Waals surface area contributed by atoms with Gasteiger partial charge in [0, 0.05) is 17.2 Å². The normalized spacial score (nSPS) is 20.6. The van der Waals surface area contributed by atoms with Crippen LogP contribution in [0.2, 0.25) is 0 Å². The third kappa shape index (κ3) is 1.82. The second kappa shape index (κ2) is 4.13. The van der Waals surface area contributed by atoms with E-state index in [2.05, 4.69) is 18.3 Å². The van der Waals surface area contributed by atoms with Crippen molar-refractivity contribution >= 4 is 17.4 Å². The van der Waals surface area contributed by atoms with Gasteiger partial charge in [0.1, 0.15) is 5.75 Å². The van der Waals surface area contributed by atoms with Crippen molar-refractivity contribution < 1.29 is 4.74 Å². The molecule has 0 bridgehead atoms. The molecule has 1 aromatic rings. The summed E-state index contributed by atoms with van der Waals surface area (Å²) in [6.45, 7) is 3.29. The maximum Gasteiger partial charge on any atom is 0.143 e. The van der Waals surface area contributed by atoms with Crippen LogP contribution in [0.3, 0.4) is 0 Å². The zero-order valence-corrected chi connectivity index (χ0v) is 9.36. The predicted molar refractivity (Wildman–Crippen MR) is 61.4 cm³/mol. The maximum absolute atomic E-state index is 5.33. The van der Waals surface area contributed by atoms with Gasteiger partial charge in [-0.1, -0.05) is 13.0 Å². The van der Waals surface area contributed by atoms with Gasteiger partial charge in [0.15, 0.2) is 0 Å². The predicted octanol–water partition coefficient (Wildman–Crippen LogP) is 2.85. The largest absolute Gasteiger partial charge is 0.495 e. The lowest BCUT2D eigenvalue weighted by molar-refractivity contribution is 0.415. The lowest BCUT2D eigenvalue weighted by atomic mass is 10.2. The van der Waals surface area contributed by atoms with Crippen molar-refractivity contribution in [3.63, 3.8) is 0 Å². The number of anilines is 1. The third-order valence-electron chi connectivity index (χ3n) is 2.36. The van der Waals surface area contributed by atoms with E-state index in [0.717, 1.165) is 18.0 Å². The molecule has 2 nitrogen and oxygen atoms in total. The first-order chi connectivity index (χ1) is 6.81. The van der Waals surface area contributed by atoms with E-state index in [9.17, 15) is 0 Å². The van der Waals surface area contributed by atoms with Gasteiger partial charge in [-0.2, -0.15) is 0 Å². The number of hydrogen-bond acceptors (Lipinski definition) is 3. The minimum absolute atomic E-state index is 0.706. The van der Waals surface area contributed by atoms with Gasteiger partial charge in [0.05, 0.1) is 12.8 Å². The van der Waals surface area contributed by atoms with Crippen LogP contribution in [0.1, 0.15) is 6.92 Å². The smallest absolute Gasteiger partial charge is 0.143 e. The molecule has 76 valence electrons. The molecule has 1 N–H and O–H groups in total. The number of benzene rings is 1. The number of methoxy groups -OCH3 is 1. The molecule has 0 saturated carbocycles. The molecule has 14 heavy (non-hydrogen) atoms. The first kappa shape index (κ1) is 9.71. The third-order valence-corrected chi connectivity index (χ3v) is 3.75. The molecule has 1 heterocycles. The van der Waals surface area contributed by atoms with E-state index >= 15 is 0 Å². The van der Waals surface area contributed by atoms with E-state index in [0.29, 0.717) is 5.92 Å². The van der Waals surface area contributed by atoms with Crippen molar-refractivity contribution in [1.29, 1.82) is 0 Å². The Balaban J connectivity index is 2.35. The summed E-state index contributed by atoms with van der Waals surface area (Å²) in [5, 5.41) is 3.45. The average Bonchev–Trinajstić information content (AvgIpc) is 2.41. The highest BCUT2D eigenvalue weighted by Crippen LogP contribution is 2.38. The van der Waals surface area contributed by atoms with Crippen molar-refractivity contribution in [2.24, 2.45) is 5.92 Å². The van der Waals surface area contributed by atoms with Gasteiger partial charge in [-0.05, 0) is 18.1 Å². The summed E-state index contributed by atoms with van der Waals surface area (Å²) in [6.07, 6.45) is 0. The molecule has 0 fully saturated rings. The molecule has 1 aliphatic rings. The van der Waals surface area contributed by atoms with Gasteiger partial charge in [0.25, 0.3) is 0 Å². The van der Waals surface area contributed by atoms with Gasteiger partial charge in [-0.15, -0.1) is 11.8 Å². The fourth-order valence-electron chi connectivity index (χ4n) is 1.54. The Morgan fingerprint density at radius 1 is 1.50 bits per heavy atom. The van der Waals surface area contributed by atoms with Crippen LogP contribution in [0.4, 0.5) is 5.69 Å². The second-order valence-corrected chi connectivity index (χ2v) is 4.69. The number of thioether (sulfide) groups is 1. The zero-order valence-electron chi connectivity index (χ0n) is 8.54. The quantitative estimate of drug-likeness (QED) is 0.768. The van der Waals surface area contributed by atoms with Crippen molar-refractivity contribution in [1.82, 2.24) is 0 Å².